The van der Waals surface area contributed by atoms with Crippen molar-refractivity contribution in [2.45, 2.75) is 61.8 Å². The average molecular weight is 458 g/mol. The van der Waals surface area contributed by atoms with Gasteiger partial charge >= 0.3 is 7.12 Å². The van der Waals surface area contributed by atoms with Crippen molar-refractivity contribution in [3.63, 3.8) is 0 Å². The third-order valence-electron chi connectivity index (χ3n) is 4.42. The van der Waals surface area contributed by atoms with E-state index in [-0.39, 0.29) is 28.5 Å². The number of hydrogen-bond donors (Lipinski definition) is 3. The van der Waals surface area contributed by atoms with Gasteiger partial charge in [-0.25, -0.2) is 9.40 Å². The topological polar surface area (TPSA) is 89.9 Å². The summed E-state index contributed by atoms with van der Waals surface area (Å²) in [5, 5.41) is 19.7. The Morgan fingerprint density at radius 1 is 1.00 bits per heavy atom. The maximum Gasteiger partial charge on any atom is 0.488 e. The van der Waals surface area contributed by atoms with Gasteiger partial charge in [-0.1, -0.05) is 64.3 Å². The van der Waals surface area contributed by atoms with E-state index in [0.29, 0.717) is 5.56 Å². The average Bonchev–Trinajstić information content (AvgIpc) is 2.65. The van der Waals surface area contributed by atoms with Crippen LogP contribution in [-0.2, 0) is 0 Å². The zero-order chi connectivity index (χ0) is 25.5. The first-order valence-electron chi connectivity index (χ1n) is 11.1. The summed E-state index contributed by atoms with van der Waals surface area (Å²) in [7, 11) is -1.85. The van der Waals surface area contributed by atoms with Crippen molar-refractivity contribution in [3.05, 3.63) is 64.0 Å². The van der Waals surface area contributed by atoms with Crippen LogP contribution in [-0.4, -0.2) is 40.5 Å². The number of halogens is 1. The van der Waals surface area contributed by atoms with E-state index in [2.05, 4.69) is 19.3 Å². The van der Waals surface area contributed by atoms with Crippen LogP contribution in [0.2, 0.25) is 0 Å². The van der Waals surface area contributed by atoms with Gasteiger partial charge in [-0.15, -0.1) is 0 Å². The number of hydrogen-bond acceptors (Lipinski definition) is 4. The predicted octanol–water partition coefficient (Wildman–Crippen LogP) is 3.68. The van der Waals surface area contributed by atoms with Crippen molar-refractivity contribution in [3.8, 4) is 0 Å². The largest absolute Gasteiger partial charge is 0.488 e. The van der Waals surface area contributed by atoms with Gasteiger partial charge in [0.1, 0.15) is 5.82 Å². The van der Waals surface area contributed by atoms with Crippen LogP contribution in [0.3, 0.4) is 0 Å². The molecule has 0 atom stereocenters. The third-order valence-corrected chi connectivity index (χ3v) is 4.42. The highest BCUT2D eigenvalue weighted by atomic mass is 19.1. The molecule has 6 nitrogen and oxygen atoms in total. The van der Waals surface area contributed by atoms with Crippen LogP contribution in [0.15, 0.2) is 30.3 Å². The molecule has 8 heteroatoms. The fraction of sp³-hybridized carbons (Fsp3) is 0.440. The summed E-state index contributed by atoms with van der Waals surface area (Å²) in [5.74, 6) is -2.08. The highest BCUT2D eigenvalue weighted by molar-refractivity contribution is 6.58. The molecule has 0 aliphatic heterocycles. The van der Waals surface area contributed by atoms with Gasteiger partial charge < -0.3 is 10.0 Å². The number of benzene rings is 2. The van der Waals surface area contributed by atoms with E-state index in [9.17, 15) is 24.0 Å². The third kappa shape index (κ3) is 8.63. The zero-order valence-corrected chi connectivity index (χ0v) is 20.9. The van der Waals surface area contributed by atoms with E-state index in [1.54, 1.807) is 12.1 Å². The molecule has 0 aromatic heterocycles. The van der Waals surface area contributed by atoms with Crippen molar-refractivity contribution >= 4 is 24.4 Å². The Morgan fingerprint density at radius 2 is 1.52 bits per heavy atom. The minimum Gasteiger partial charge on any atom is -0.423 e. The van der Waals surface area contributed by atoms with Gasteiger partial charge in [-0.3, -0.25) is 15.0 Å². The molecule has 2 amide bonds. The number of nitrogens with zero attached hydrogens (tertiary/aromatic N) is 1. The number of amides is 2. The number of hydrazine groups is 1. The molecular formula is C25H36BFN2O4. The van der Waals surface area contributed by atoms with E-state index in [4.69, 9.17) is 0 Å². The number of carbonyl (C=O) groups is 2. The molecular weight excluding hydrogens is 422 g/mol. The molecule has 0 radical (unpaired) electrons. The smallest absolute Gasteiger partial charge is 0.423 e. The molecule has 0 fully saturated rings. The summed E-state index contributed by atoms with van der Waals surface area (Å²) in [5.41, 5.74) is 4.38. The van der Waals surface area contributed by atoms with Crippen LogP contribution in [0.4, 0.5) is 4.39 Å². The minimum absolute atomic E-state index is 0.0561. The molecule has 180 valence electrons. The summed E-state index contributed by atoms with van der Waals surface area (Å²) < 4.78 is 14.6. The highest BCUT2D eigenvalue weighted by Crippen LogP contribution is 2.19. The van der Waals surface area contributed by atoms with Crippen LogP contribution >= 0.6 is 0 Å². The highest BCUT2D eigenvalue weighted by Gasteiger charge is 2.27. The fourth-order valence-electron chi connectivity index (χ4n) is 3.28. The van der Waals surface area contributed by atoms with Crippen LogP contribution in [0.25, 0.3) is 0 Å². The van der Waals surface area contributed by atoms with Gasteiger partial charge in [0.2, 0.25) is 0 Å². The molecule has 2 aromatic carbocycles. The lowest BCUT2D eigenvalue weighted by Gasteiger charge is -2.30. The Balaban J connectivity index is 0.00000172. The summed E-state index contributed by atoms with van der Waals surface area (Å²) in [4.78, 5) is 26.0. The summed E-state index contributed by atoms with van der Waals surface area (Å²) in [6.07, 6.45) is 1.25. The minimum atomic E-state index is -1.85. The monoisotopic (exact) mass is 458 g/mol. The molecule has 2 aromatic rings. The first-order chi connectivity index (χ1) is 15.2. The van der Waals surface area contributed by atoms with Crippen LogP contribution < -0.4 is 10.9 Å². The second-order valence-electron chi connectivity index (χ2n) is 9.54. The quantitative estimate of drug-likeness (QED) is 0.482. The first kappa shape index (κ1) is 28.3. The molecule has 0 bridgehead atoms. The number of rotatable bonds is 4. The van der Waals surface area contributed by atoms with Crippen LogP contribution in [0.5, 0.6) is 0 Å². The van der Waals surface area contributed by atoms with E-state index < -0.39 is 24.7 Å². The Bertz CT molecular complexity index is 944. The SMILES string of the molecule is CCC.Cc1cc(C)cc(C(=O)N(CC(C)(C)C)NC(=O)c2c(C)cc(B(O)O)cc2F)c1. The first-order valence-corrected chi connectivity index (χ1v) is 11.1. The van der Waals surface area contributed by atoms with Gasteiger partial charge in [-0.2, -0.15) is 0 Å². The Kier molecular flexibility index (Phi) is 10.3. The number of aryl methyl sites for hydroxylation is 3. The van der Waals surface area contributed by atoms with Crippen molar-refractivity contribution in [2.24, 2.45) is 5.41 Å². The second-order valence-corrected chi connectivity index (χ2v) is 9.54. The molecule has 0 aliphatic carbocycles. The molecule has 33 heavy (non-hydrogen) atoms. The van der Waals surface area contributed by atoms with Gasteiger partial charge in [0, 0.05) is 12.1 Å². The zero-order valence-electron chi connectivity index (χ0n) is 20.9. The second kappa shape index (κ2) is 12.0. The van der Waals surface area contributed by atoms with Gasteiger partial charge in [0.15, 0.2) is 0 Å². The van der Waals surface area contributed by atoms with Crippen molar-refractivity contribution in [1.29, 1.82) is 0 Å². The van der Waals surface area contributed by atoms with Gasteiger partial charge in [-0.05, 0) is 55.4 Å². The number of nitrogens with one attached hydrogen (secondary N) is 1. The van der Waals surface area contributed by atoms with E-state index in [0.717, 1.165) is 17.2 Å². The summed E-state index contributed by atoms with van der Waals surface area (Å²) in [6, 6.07) is 7.63. The maximum absolute atomic E-state index is 14.6. The van der Waals surface area contributed by atoms with E-state index in [1.165, 1.54) is 24.4 Å². The molecule has 0 aliphatic rings. The number of carbonyl (C=O) groups excluding carboxylic acids is 2. The lowest BCUT2D eigenvalue weighted by molar-refractivity contribution is 0.0507. The summed E-state index contributed by atoms with van der Waals surface area (Å²) in [6.45, 7) is 15.5. The molecule has 0 saturated carbocycles. The molecule has 0 heterocycles. The Labute approximate surface area is 196 Å². The lowest BCUT2D eigenvalue weighted by atomic mass is 9.79. The van der Waals surface area contributed by atoms with Crippen molar-refractivity contribution < 1.29 is 24.0 Å². The van der Waals surface area contributed by atoms with Crippen molar-refractivity contribution in [1.82, 2.24) is 10.4 Å². The Hall–Kier alpha value is -2.71. The van der Waals surface area contributed by atoms with Gasteiger partial charge in [0.25, 0.3) is 11.8 Å². The van der Waals surface area contributed by atoms with Crippen LogP contribution in [0.1, 0.15) is 78.4 Å². The normalized spacial score (nSPS) is 10.8. The van der Waals surface area contributed by atoms with E-state index in [1.807, 2.05) is 40.7 Å². The fourth-order valence-corrected chi connectivity index (χ4v) is 3.28. The maximum atomic E-state index is 14.6. The van der Waals surface area contributed by atoms with Crippen molar-refractivity contribution in [2.75, 3.05) is 6.54 Å². The molecule has 3 N–H and O–H groups in total. The molecule has 0 saturated heterocycles. The molecule has 0 spiro atoms. The van der Waals surface area contributed by atoms with Gasteiger partial charge in [0.05, 0.1) is 5.56 Å². The predicted molar refractivity (Wildman–Crippen MR) is 131 cm³/mol. The summed E-state index contributed by atoms with van der Waals surface area (Å²) >= 11 is 0. The van der Waals surface area contributed by atoms with E-state index >= 15 is 0 Å². The lowest BCUT2D eigenvalue weighted by Crippen LogP contribution is -2.50. The molecule has 2 rings (SSSR count). The Morgan fingerprint density at radius 3 is 1.94 bits per heavy atom. The standard InChI is InChI=1S/C22H28BFN2O4.C3H8/c1-13-7-14(2)9-16(8-13)21(28)26(12-22(4,5)6)25-20(27)19-15(3)10-17(23(29)30)11-18(19)24;1-3-2/h7-11,29-30H,12H2,1-6H3,(H,25,27);3H2,1-2H3. The molecule has 0 unspecified atom stereocenters. The van der Waals surface area contributed by atoms with Crippen LogP contribution in [0, 0.1) is 32.0 Å².